The third-order valence-electron chi connectivity index (χ3n) is 2.69. The molecule has 3 aromatic rings. The molecular weight excluding hydrogens is 230 g/mol. The molecule has 0 saturated carbocycles. The normalized spacial score (nSPS) is 9.26. The van der Waals surface area contributed by atoms with Gasteiger partial charge in [-0.3, -0.25) is 0 Å². The van der Waals surface area contributed by atoms with Gasteiger partial charge < -0.3 is 0 Å². The predicted molar refractivity (Wildman–Crippen MR) is 80.9 cm³/mol. The fourth-order valence-electron chi connectivity index (χ4n) is 1.68. The standard InChI is InChI=1S/C11H7N.C7H8/c1-2-10-8-7-9-5-3-4-6-11(9)12-10;1-7-5-3-2-4-6-7/h1,3-8H;2-6H,1H3. The summed E-state index contributed by atoms with van der Waals surface area (Å²) in [5.74, 6) is 2.51. The minimum absolute atomic E-state index is 0.689. The molecule has 0 atom stereocenters. The van der Waals surface area contributed by atoms with Crippen molar-refractivity contribution in [1.29, 1.82) is 0 Å². The van der Waals surface area contributed by atoms with E-state index in [-0.39, 0.29) is 0 Å². The third kappa shape index (κ3) is 3.69. The van der Waals surface area contributed by atoms with Gasteiger partial charge in [0.15, 0.2) is 0 Å². The van der Waals surface area contributed by atoms with Gasteiger partial charge in [0.2, 0.25) is 0 Å². The van der Waals surface area contributed by atoms with E-state index < -0.39 is 0 Å². The molecule has 0 unspecified atom stereocenters. The molecule has 0 aliphatic carbocycles. The summed E-state index contributed by atoms with van der Waals surface area (Å²) in [6.45, 7) is 2.08. The average Bonchev–Trinajstić information content (AvgIpc) is 2.48. The summed E-state index contributed by atoms with van der Waals surface area (Å²) in [7, 11) is 0. The molecular formula is C18H15N. The molecule has 2 aromatic carbocycles. The summed E-state index contributed by atoms with van der Waals surface area (Å²) in [5, 5.41) is 1.12. The van der Waals surface area contributed by atoms with Crippen LogP contribution < -0.4 is 0 Å². The van der Waals surface area contributed by atoms with Gasteiger partial charge in [0.1, 0.15) is 5.69 Å². The lowest BCUT2D eigenvalue weighted by Crippen LogP contribution is -1.82. The number of rotatable bonds is 0. The van der Waals surface area contributed by atoms with Gasteiger partial charge >= 0.3 is 0 Å². The van der Waals surface area contributed by atoms with E-state index in [0.29, 0.717) is 5.69 Å². The highest BCUT2D eigenvalue weighted by Gasteiger charge is 1.92. The van der Waals surface area contributed by atoms with Crippen molar-refractivity contribution in [1.82, 2.24) is 4.98 Å². The molecule has 0 aliphatic rings. The summed E-state index contributed by atoms with van der Waals surface area (Å²) in [6, 6.07) is 22.0. The lowest BCUT2D eigenvalue weighted by molar-refractivity contribution is 1.36. The van der Waals surface area contributed by atoms with E-state index in [9.17, 15) is 0 Å². The Labute approximate surface area is 113 Å². The number of pyridine rings is 1. The highest BCUT2D eigenvalue weighted by Crippen LogP contribution is 2.10. The molecule has 19 heavy (non-hydrogen) atoms. The number of fused-ring (bicyclic) bond motifs is 1. The Morgan fingerprint density at radius 1 is 0.842 bits per heavy atom. The molecule has 0 bridgehead atoms. The highest BCUT2D eigenvalue weighted by molar-refractivity contribution is 5.78. The minimum Gasteiger partial charge on any atom is -0.239 e. The van der Waals surface area contributed by atoms with Crippen molar-refractivity contribution in [2.45, 2.75) is 6.92 Å². The molecule has 0 radical (unpaired) electrons. The van der Waals surface area contributed by atoms with Gasteiger partial charge in [0.05, 0.1) is 5.52 Å². The van der Waals surface area contributed by atoms with Crippen LogP contribution in [-0.2, 0) is 0 Å². The van der Waals surface area contributed by atoms with Crippen LogP contribution in [0.5, 0.6) is 0 Å². The molecule has 3 rings (SSSR count). The molecule has 1 heterocycles. The van der Waals surface area contributed by atoms with Gasteiger partial charge in [0, 0.05) is 5.39 Å². The smallest absolute Gasteiger partial charge is 0.113 e. The number of aromatic nitrogens is 1. The van der Waals surface area contributed by atoms with Crippen molar-refractivity contribution >= 4 is 10.9 Å². The molecule has 1 heteroatoms. The monoisotopic (exact) mass is 245 g/mol. The Morgan fingerprint density at radius 3 is 2.16 bits per heavy atom. The van der Waals surface area contributed by atoms with Gasteiger partial charge in [-0.2, -0.15) is 0 Å². The molecule has 92 valence electrons. The maximum absolute atomic E-state index is 5.23. The summed E-state index contributed by atoms with van der Waals surface area (Å²) in [6.07, 6.45) is 5.23. The Bertz CT molecular complexity index is 693. The number of hydrogen-bond donors (Lipinski definition) is 0. The quantitative estimate of drug-likeness (QED) is 0.541. The lowest BCUT2D eigenvalue weighted by Gasteiger charge is -1.95. The molecule has 1 aromatic heterocycles. The van der Waals surface area contributed by atoms with E-state index in [4.69, 9.17) is 6.42 Å². The number of aryl methyl sites for hydroxylation is 1. The van der Waals surface area contributed by atoms with Crippen LogP contribution in [0.3, 0.4) is 0 Å². The van der Waals surface area contributed by atoms with Gasteiger partial charge in [-0.1, -0.05) is 66.1 Å². The van der Waals surface area contributed by atoms with E-state index in [1.54, 1.807) is 0 Å². The largest absolute Gasteiger partial charge is 0.239 e. The van der Waals surface area contributed by atoms with Crippen LogP contribution in [0, 0.1) is 19.3 Å². The van der Waals surface area contributed by atoms with E-state index in [2.05, 4.69) is 30.0 Å². The highest BCUT2D eigenvalue weighted by atomic mass is 14.7. The molecule has 0 saturated heterocycles. The van der Waals surface area contributed by atoms with Gasteiger partial charge in [-0.15, -0.1) is 6.42 Å². The lowest BCUT2D eigenvalue weighted by atomic mass is 10.2. The molecule has 0 N–H and O–H groups in total. The van der Waals surface area contributed by atoms with E-state index >= 15 is 0 Å². The summed E-state index contributed by atoms with van der Waals surface area (Å²) in [4.78, 5) is 4.26. The predicted octanol–water partition coefficient (Wildman–Crippen LogP) is 4.21. The van der Waals surface area contributed by atoms with Crippen LogP contribution in [0.4, 0.5) is 0 Å². The average molecular weight is 245 g/mol. The first-order chi connectivity index (χ1) is 9.29. The zero-order chi connectivity index (χ0) is 13.5. The van der Waals surface area contributed by atoms with Crippen LogP contribution in [-0.4, -0.2) is 4.98 Å². The Morgan fingerprint density at radius 2 is 1.53 bits per heavy atom. The van der Waals surface area contributed by atoms with Crippen molar-refractivity contribution in [2.24, 2.45) is 0 Å². The number of para-hydroxylation sites is 1. The van der Waals surface area contributed by atoms with Crippen LogP contribution in [0.1, 0.15) is 11.3 Å². The minimum atomic E-state index is 0.689. The molecule has 0 aliphatic heterocycles. The summed E-state index contributed by atoms with van der Waals surface area (Å²) in [5.41, 5.74) is 2.96. The number of nitrogens with zero attached hydrogens (tertiary/aromatic N) is 1. The van der Waals surface area contributed by atoms with Crippen molar-refractivity contribution < 1.29 is 0 Å². The van der Waals surface area contributed by atoms with Gasteiger partial charge in [-0.05, 0) is 19.1 Å². The second-order valence-corrected chi connectivity index (χ2v) is 4.19. The van der Waals surface area contributed by atoms with Crippen molar-refractivity contribution in [3.8, 4) is 12.3 Å². The van der Waals surface area contributed by atoms with Crippen molar-refractivity contribution in [2.75, 3.05) is 0 Å². The summed E-state index contributed by atoms with van der Waals surface area (Å²) >= 11 is 0. The first kappa shape index (κ1) is 12.9. The maximum Gasteiger partial charge on any atom is 0.113 e. The van der Waals surface area contributed by atoms with Gasteiger partial charge in [-0.25, -0.2) is 4.98 Å². The fourth-order valence-corrected chi connectivity index (χ4v) is 1.68. The molecule has 0 fully saturated rings. The van der Waals surface area contributed by atoms with Crippen molar-refractivity contribution in [3.05, 3.63) is 78.0 Å². The van der Waals surface area contributed by atoms with Gasteiger partial charge in [0.25, 0.3) is 0 Å². The Balaban J connectivity index is 0.000000163. The molecule has 1 nitrogen and oxygen atoms in total. The van der Waals surface area contributed by atoms with Crippen LogP contribution in [0.15, 0.2) is 66.7 Å². The zero-order valence-electron chi connectivity index (χ0n) is 10.9. The fraction of sp³-hybridized carbons (Fsp3) is 0.0556. The Kier molecular flexibility index (Phi) is 4.31. The second-order valence-electron chi connectivity index (χ2n) is 4.19. The van der Waals surface area contributed by atoms with E-state index in [1.807, 2.05) is 54.6 Å². The first-order valence-electron chi connectivity index (χ1n) is 6.13. The third-order valence-corrected chi connectivity index (χ3v) is 2.69. The SMILES string of the molecule is C#Cc1ccc2ccccc2n1.Cc1ccccc1. The van der Waals surface area contributed by atoms with Crippen LogP contribution in [0.2, 0.25) is 0 Å². The number of terminal acetylenes is 1. The number of hydrogen-bond acceptors (Lipinski definition) is 1. The second kappa shape index (κ2) is 6.37. The van der Waals surface area contributed by atoms with Crippen LogP contribution >= 0.6 is 0 Å². The molecule has 0 spiro atoms. The summed E-state index contributed by atoms with van der Waals surface area (Å²) < 4.78 is 0. The first-order valence-corrected chi connectivity index (χ1v) is 6.13. The topological polar surface area (TPSA) is 12.9 Å². The van der Waals surface area contributed by atoms with E-state index in [1.165, 1.54) is 5.56 Å². The number of benzene rings is 2. The zero-order valence-corrected chi connectivity index (χ0v) is 10.9. The Hall–Kier alpha value is -2.59. The van der Waals surface area contributed by atoms with E-state index in [0.717, 1.165) is 10.9 Å². The maximum atomic E-state index is 5.23. The molecule has 0 amide bonds. The van der Waals surface area contributed by atoms with Crippen molar-refractivity contribution in [3.63, 3.8) is 0 Å². The van der Waals surface area contributed by atoms with Crippen LogP contribution in [0.25, 0.3) is 10.9 Å².